The molecule has 0 aromatic rings. The number of carbonyl (C=O) groups is 1. The van der Waals surface area contributed by atoms with E-state index in [9.17, 15) is 43.3 Å². The molecule has 0 aromatic heterocycles. The molecule has 0 saturated carbocycles. The molecular formula is C49H93NO12S. The van der Waals surface area contributed by atoms with Crippen LogP contribution in [-0.4, -0.2) is 107 Å². The fourth-order valence-electron chi connectivity index (χ4n) is 8.04. The van der Waals surface area contributed by atoms with Gasteiger partial charge in [0, 0.05) is 0 Å². The zero-order chi connectivity index (χ0) is 46.4. The zero-order valence-electron chi connectivity index (χ0n) is 39.5. The molecule has 1 aliphatic rings. The maximum Gasteiger partial charge on any atom is 0.397 e. The molecule has 8 atom stereocenters. The van der Waals surface area contributed by atoms with Crippen molar-refractivity contribution in [1.82, 2.24) is 5.32 Å². The van der Waals surface area contributed by atoms with E-state index in [2.05, 4.69) is 35.5 Å². The minimum atomic E-state index is -5.12. The van der Waals surface area contributed by atoms with Crippen LogP contribution in [-0.2, 0) is 28.9 Å². The molecular weight excluding hydrogens is 827 g/mol. The lowest BCUT2D eigenvalue weighted by atomic mass is 9.99. The fraction of sp³-hybridized carbons (Fsp3) is 0.898. The number of carbonyl (C=O) groups excluding carboxylic acids is 1. The molecule has 1 amide bonds. The van der Waals surface area contributed by atoms with E-state index < -0.39 is 78.5 Å². The van der Waals surface area contributed by atoms with E-state index in [1.165, 1.54) is 134 Å². The largest absolute Gasteiger partial charge is 0.397 e. The second-order valence-corrected chi connectivity index (χ2v) is 18.9. The summed E-state index contributed by atoms with van der Waals surface area (Å²) in [5.41, 5.74) is 0. The lowest BCUT2D eigenvalue weighted by Gasteiger charge is -2.41. The van der Waals surface area contributed by atoms with E-state index in [0.717, 1.165) is 57.8 Å². The van der Waals surface area contributed by atoms with Crippen LogP contribution in [0.25, 0.3) is 0 Å². The van der Waals surface area contributed by atoms with Crippen LogP contribution >= 0.6 is 0 Å². The Kier molecular flexibility index (Phi) is 37.5. The van der Waals surface area contributed by atoms with Gasteiger partial charge in [0.2, 0.25) is 5.91 Å². The summed E-state index contributed by atoms with van der Waals surface area (Å²) in [6, 6.07) is -1.12. The van der Waals surface area contributed by atoms with Gasteiger partial charge in [-0.15, -0.1) is 0 Å². The van der Waals surface area contributed by atoms with E-state index in [1.807, 2.05) is 6.08 Å². The predicted octanol–water partition coefficient (Wildman–Crippen LogP) is 9.47. The van der Waals surface area contributed by atoms with Crippen LogP contribution in [0.4, 0.5) is 0 Å². The molecule has 0 radical (unpaired) electrons. The highest BCUT2D eigenvalue weighted by molar-refractivity contribution is 7.80. The SMILES string of the molecule is CCCCCCCCCCCC/C=C/C(O)C(COC1OC(CO)C(O)C(OS(=O)(=O)O)C1O)NC(=O)C(O)CCCCCCCC/C=C\CCCCCCCCCCCCCC. The van der Waals surface area contributed by atoms with Crippen LogP contribution in [0.1, 0.15) is 219 Å². The number of hydrogen-bond donors (Lipinski definition) is 7. The standard InChI is InChI=1S/C49H93NO12S/c1-3-5-7-9-11-13-15-17-18-19-20-21-22-23-24-25-26-28-30-32-34-36-38-43(53)48(56)50-41(42(52)37-35-33-31-29-27-16-14-12-10-8-6-4-2)40-60-49-46(55)47(62-63(57,58)59)45(54)44(39-51)61-49/h23-24,35,37,41-47,49,51-55H,3-22,25-34,36,38-40H2,1-2H3,(H,50,56)(H,57,58,59)/b24-23-,37-35+. The number of ether oxygens (including phenoxy) is 2. The zero-order valence-corrected chi connectivity index (χ0v) is 40.3. The summed E-state index contributed by atoms with van der Waals surface area (Å²) in [6.45, 7) is 3.22. The van der Waals surface area contributed by atoms with Crippen LogP contribution in [0, 0.1) is 0 Å². The first kappa shape index (κ1) is 59.6. The second-order valence-electron chi connectivity index (χ2n) is 17.9. The van der Waals surface area contributed by atoms with Gasteiger partial charge < -0.3 is 40.3 Å². The Morgan fingerprint density at radius 1 is 0.635 bits per heavy atom. The van der Waals surface area contributed by atoms with Crippen LogP contribution in [0.3, 0.4) is 0 Å². The number of aliphatic hydroxyl groups excluding tert-OH is 5. The number of nitrogens with one attached hydrogen (secondary N) is 1. The number of aliphatic hydroxyl groups is 5. The Morgan fingerprint density at radius 3 is 1.48 bits per heavy atom. The van der Waals surface area contributed by atoms with Crippen molar-refractivity contribution in [1.29, 1.82) is 0 Å². The monoisotopic (exact) mass is 920 g/mol. The Hall–Kier alpha value is -1.46. The molecule has 1 rings (SSSR count). The molecule has 0 spiro atoms. The van der Waals surface area contributed by atoms with Gasteiger partial charge in [0.15, 0.2) is 6.29 Å². The van der Waals surface area contributed by atoms with Gasteiger partial charge in [0.25, 0.3) is 0 Å². The smallest absolute Gasteiger partial charge is 0.394 e. The first-order valence-electron chi connectivity index (χ1n) is 25.3. The van der Waals surface area contributed by atoms with Gasteiger partial charge in [0.1, 0.15) is 30.5 Å². The minimum Gasteiger partial charge on any atom is -0.394 e. The molecule has 1 aliphatic heterocycles. The lowest BCUT2D eigenvalue weighted by Crippen LogP contribution is -2.61. The van der Waals surface area contributed by atoms with E-state index in [4.69, 9.17) is 9.47 Å². The highest BCUT2D eigenvalue weighted by atomic mass is 32.3. The van der Waals surface area contributed by atoms with Gasteiger partial charge in [-0.05, 0) is 44.9 Å². The summed E-state index contributed by atoms with van der Waals surface area (Å²) >= 11 is 0. The minimum absolute atomic E-state index is 0.237. The average Bonchev–Trinajstić information content (AvgIpc) is 3.25. The number of allylic oxidation sites excluding steroid dienone is 3. The summed E-state index contributed by atoms with van der Waals surface area (Å²) in [7, 11) is -5.12. The van der Waals surface area contributed by atoms with Crippen LogP contribution in [0.2, 0.25) is 0 Å². The average molecular weight is 920 g/mol. The van der Waals surface area contributed by atoms with Crippen LogP contribution in [0.15, 0.2) is 24.3 Å². The fourth-order valence-corrected chi connectivity index (χ4v) is 8.55. The molecule has 7 N–H and O–H groups in total. The molecule has 1 saturated heterocycles. The van der Waals surface area contributed by atoms with Crippen molar-refractivity contribution >= 4 is 16.3 Å². The van der Waals surface area contributed by atoms with Gasteiger partial charge in [0.05, 0.1) is 25.4 Å². The predicted molar refractivity (Wildman–Crippen MR) is 251 cm³/mol. The van der Waals surface area contributed by atoms with Gasteiger partial charge in [-0.25, -0.2) is 4.18 Å². The molecule has 0 bridgehead atoms. The number of unbranched alkanes of at least 4 members (excludes halogenated alkanes) is 28. The summed E-state index contributed by atoms with van der Waals surface area (Å²) in [6.07, 6.45) is 34.1. The molecule has 63 heavy (non-hydrogen) atoms. The highest BCUT2D eigenvalue weighted by Crippen LogP contribution is 2.26. The van der Waals surface area contributed by atoms with E-state index in [1.54, 1.807) is 0 Å². The Balaban J connectivity index is 2.47. The van der Waals surface area contributed by atoms with Crippen LogP contribution in [0.5, 0.6) is 0 Å². The topological polar surface area (TPSA) is 212 Å². The van der Waals surface area contributed by atoms with Gasteiger partial charge in [-0.1, -0.05) is 199 Å². The quantitative estimate of drug-likeness (QED) is 0.0173. The van der Waals surface area contributed by atoms with Gasteiger partial charge in [-0.3, -0.25) is 9.35 Å². The Morgan fingerprint density at radius 2 is 1.05 bits per heavy atom. The van der Waals surface area contributed by atoms with Crippen molar-refractivity contribution in [3.05, 3.63) is 24.3 Å². The van der Waals surface area contributed by atoms with Gasteiger partial charge in [-0.2, -0.15) is 8.42 Å². The third kappa shape index (κ3) is 32.0. The first-order chi connectivity index (χ1) is 30.4. The molecule has 372 valence electrons. The van der Waals surface area contributed by atoms with E-state index in [0.29, 0.717) is 12.8 Å². The molecule has 1 heterocycles. The molecule has 8 unspecified atom stereocenters. The van der Waals surface area contributed by atoms with Crippen molar-refractivity contribution in [2.75, 3.05) is 13.2 Å². The number of rotatable bonds is 43. The summed E-state index contributed by atoms with van der Waals surface area (Å²) < 4.78 is 47.5. The maximum absolute atomic E-state index is 13.1. The highest BCUT2D eigenvalue weighted by Gasteiger charge is 2.48. The van der Waals surface area contributed by atoms with Crippen molar-refractivity contribution in [2.45, 2.75) is 268 Å². The summed E-state index contributed by atoms with van der Waals surface area (Å²) in [5.74, 6) is -0.706. The van der Waals surface area contributed by atoms with Crippen molar-refractivity contribution in [3.8, 4) is 0 Å². The van der Waals surface area contributed by atoms with Crippen molar-refractivity contribution in [3.63, 3.8) is 0 Å². The molecule has 13 nitrogen and oxygen atoms in total. The number of amides is 1. The molecule has 1 fully saturated rings. The normalized spacial score (nSPS) is 21.0. The third-order valence-electron chi connectivity index (χ3n) is 12.1. The van der Waals surface area contributed by atoms with Crippen molar-refractivity contribution < 1.29 is 57.0 Å². The van der Waals surface area contributed by atoms with Gasteiger partial charge >= 0.3 is 10.4 Å². The van der Waals surface area contributed by atoms with Crippen LogP contribution < -0.4 is 5.32 Å². The number of hydrogen-bond acceptors (Lipinski definition) is 11. The Bertz CT molecular complexity index is 1240. The molecule has 0 aliphatic carbocycles. The Labute approximate surface area is 383 Å². The summed E-state index contributed by atoms with van der Waals surface area (Å²) in [5, 5.41) is 55.2. The summed E-state index contributed by atoms with van der Waals surface area (Å²) in [4.78, 5) is 13.1. The van der Waals surface area contributed by atoms with E-state index in [-0.39, 0.29) is 6.42 Å². The third-order valence-corrected chi connectivity index (χ3v) is 12.5. The lowest BCUT2D eigenvalue weighted by molar-refractivity contribution is -0.298. The second kappa shape index (κ2) is 39.7. The van der Waals surface area contributed by atoms with E-state index >= 15 is 0 Å². The molecule has 14 heteroatoms. The maximum atomic E-state index is 13.1. The molecule has 0 aromatic carbocycles. The van der Waals surface area contributed by atoms with Crippen molar-refractivity contribution in [2.24, 2.45) is 0 Å². The first-order valence-corrected chi connectivity index (χ1v) is 26.7.